The number of nitrogens with zero attached hydrogens (tertiary/aromatic N) is 1. The molecule has 0 N–H and O–H groups in total. The first-order chi connectivity index (χ1) is 13.7. The molecule has 1 atom stereocenters. The molecule has 1 fully saturated rings. The lowest BCUT2D eigenvalue weighted by Gasteiger charge is -2.35. The molecule has 0 radical (unpaired) electrons. The predicted molar refractivity (Wildman–Crippen MR) is 108 cm³/mol. The number of carbonyl (C=O) groups excluding carboxylic acids is 2. The van der Waals surface area contributed by atoms with E-state index in [-0.39, 0.29) is 25.0 Å². The Kier molecular flexibility index (Phi) is 5.33. The third-order valence-electron chi connectivity index (χ3n) is 5.65. The van der Waals surface area contributed by atoms with Gasteiger partial charge in [-0.05, 0) is 42.5 Å². The molecule has 5 heteroatoms. The SMILES string of the molecule is CC[C@@H]1CCCCN1C(=O)COC(=O)Cc1coc2ccc3ccccc3c12. The van der Waals surface area contributed by atoms with E-state index in [9.17, 15) is 9.59 Å². The minimum Gasteiger partial charge on any atom is -0.464 e. The number of likely N-dealkylation sites (tertiary alicyclic amines) is 1. The van der Waals surface area contributed by atoms with Gasteiger partial charge in [0, 0.05) is 23.5 Å². The van der Waals surface area contributed by atoms with E-state index in [0.29, 0.717) is 0 Å². The standard InChI is InChI=1S/C23H25NO4/c1-2-18-8-5-6-12-24(18)21(25)15-28-22(26)13-17-14-27-20-11-10-16-7-3-4-9-19(16)23(17)20/h3-4,7,9-11,14,18H,2,5-6,8,12-13,15H2,1H3/t18-/m1/s1. The maximum Gasteiger partial charge on any atom is 0.310 e. The number of furan rings is 1. The lowest BCUT2D eigenvalue weighted by Crippen LogP contribution is -2.45. The Morgan fingerprint density at radius 1 is 1.18 bits per heavy atom. The Balaban J connectivity index is 1.44. The van der Waals surface area contributed by atoms with E-state index in [1.807, 2.05) is 41.3 Å². The molecule has 2 aromatic carbocycles. The maximum absolute atomic E-state index is 12.5. The number of benzene rings is 2. The van der Waals surface area contributed by atoms with Crippen LogP contribution in [0.3, 0.4) is 0 Å². The molecule has 3 aromatic rings. The molecule has 2 heterocycles. The number of esters is 1. The fourth-order valence-corrected chi connectivity index (χ4v) is 4.19. The van der Waals surface area contributed by atoms with Crippen molar-refractivity contribution in [3.63, 3.8) is 0 Å². The number of amides is 1. The molecule has 1 aromatic heterocycles. The summed E-state index contributed by atoms with van der Waals surface area (Å²) < 4.78 is 10.9. The number of carbonyl (C=O) groups is 2. The number of fused-ring (bicyclic) bond motifs is 3. The molecule has 1 amide bonds. The summed E-state index contributed by atoms with van der Waals surface area (Å²) in [7, 11) is 0. The largest absolute Gasteiger partial charge is 0.464 e. The zero-order valence-electron chi connectivity index (χ0n) is 16.1. The number of hydrogen-bond acceptors (Lipinski definition) is 4. The second-order valence-electron chi connectivity index (χ2n) is 7.40. The normalized spacial score (nSPS) is 17.2. The first-order valence-electron chi connectivity index (χ1n) is 10.00. The van der Waals surface area contributed by atoms with E-state index in [0.717, 1.165) is 59.5 Å². The molecular weight excluding hydrogens is 354 g/mol. The number of rotatable bonds is 5. The summed E-state index contributed by atoms with van der Waals surface area (Å²) >= 11 is 0. The van der Waals surface area contributed by atoms with Gasteiger partial charge < -0.3 is 14.1 Å². The Labute approximate surface area is 164 Å². The number of piperidine rings is 1. The van der Waals surface area contributed by atoms with Crippen molar-refractivity contribution in [3.8, 4) is 0 Å². The van der Waals surface area contributed by atoms with E-state index in [4.69, 9.17) is 9.15 Å². The topological polar surface area (TPSA) is 59.8 Å². The van der Waals surface area contributed by atoms with Crippen molar-refractivity contribution in [3.05, 3.63) is 48.2 Å². The van der Waals surface area contributed by atoms with Crippen LogP contribution in [0.2, 0.25) is 0 Å². The summed E-state index contributed by atoms with van der Waals surface area (Å²) in [5.74, 6) is -0.503. The van der Waals surface area contributed by atoms with Gasteiger partial charge in [-0.25, -0.2) is 0 Å². The summed E-state index contributed by atoms with van der Waals surface area (Å²) in [5, 5.41) is 3.08. The lowest BCUT2D eigenvalue weighted by atomic mass is 10.00. The van der Waals surface area contributed by atoms with Crippen LogP contribution in [0.15, 0.2) is 47.1 Å². The van der Waals surface area contributed by atoms with Crippen LogP contribution < -0.4 is 0 Å². The van der Waals surface area contributed by atoms with Crippen molar-refractivity contribution in [1.82, 2.24) is 4.90 Å². The van der Waals surface area contributed by atoms with E-state index in [2.05, 4.69) is 6.92 Å². The van der Waals surface area contributed by atoms with Gasteiger partial charge in [-0.2, -0.15) is 0 Å². The van der Waals surface area contributed by atoms with Crippen LogP contribution in [-0.2, 0) is 20.7 Å². The molecule has 0 saturated carbocycles. The van der Waals surface area contributed by atoms with Gasteiger partial charge in [0.15, 0.2) is 6.61 Å². The minimum atomic E-state index is -0.408. The summed E-state index contributed by atoms with van der Waals surface area (Å²) in [5.41, 5.74) is 1.53. The molecular formula is C23H25NO4. The highest BCUT2D eigenvalue weighted by atomic mass is 16.5. The molecule has 5 nitrogen and oxygen atoms in total. The van der Waals surface area contributed by atoms with Crippen LogP contribution in [0.25, 0.3) is 21.7 Å². The Morgan fingerprint density at radius 2 is 2.04 bits per heavy atom. The molecule has 0 bridgehead atoms. The van der Waals surface area contributed by atoms with Crippen molar-refractivity contribution < 1.29 is 18.7 Å². The number of hydrogen-bond donors (Lipinski definition) is 0. The molecule has 0 unspecified atom stereocenters. The van der Waals surface area contributed by atoms with Gasteiger partial charge in [-0.1, -0.05) is 37.3 Å². The number of ether oxygens (including phenoxy) is 1. The molecule has 1 aliphatic heterocycles. The molecule has 0 aliphatic carbocycles. The van der Waals surface area contributed by atoms with E-state index in [1.54, 1.807) is 6.26 Å². The molecule has 28 heavy (non-hydrogen) atoms. The van der Waals surface area contributed by atoms with Gasteiger partial charge in [-0.15, -0.1) is 0 Å². The first kappa shape index (κ1) is 18.5. The fourth-order valence-electron chi connectivity index (χ4n) is 4.19. The van der Waals surface area contributed by atoms with Crippen LogP contribution in [0.1, 0.15) is 38.2 Å². The van der Waals surface area contributed by atoms with Gasteiger partial charge in [0.2, 0.25) is 0 Å². The van der Waals surface area contributed by atoms with Crippen molar-refractivity contribution in [2.24, 2.45) is 0 Å². The predicted octanol–water partition coefficient (Wildman–Crippen LogP) is 4.46. The van der Waals surface area contributed by atoms with E-state index < -0.39 is 5.97 Å². The van der Waals surface area contributed by atoms with Crippen molar-refractivity contribution >= 4 is 33.6 Å². The van der Waals surface area contributed by atoms with Crippen LogP contribution in [0, 0.1) is 0 Å². The van der Waals surface area contributed by atoms with Gasteiger partial charge in [-0.3, -0.25) is 9.59 Å². The Hall–Kier alpha value is -2.82. The summed E-state index contributed by atoms with van der Waals surface area (Å²) in [6.45, 7) is 2.66. The monoisotopic (exact) mass is 379 g/mol. The Bertz CT molecular complexity index is 1010. The summed E-state index contributed by atoms with van der Waals surface area (Å²) in [4.78, 5) is 26.8. The first-order valence-corrected chi connectivity index (χ1v) is 10.00. The quantitative estimate of drug-likeness (QED) is 0.614. The van der Waals surface area contributed by atoms with Crippen LogP contribution >= 0.6 is 0 Å². The molecule has 146 valence electrons. The van der Waals surface area contributed by atoms with Crippen molar-refractivity contribution in [2.75, 3.05) is 13.2 Å². The lowest BCUT2D eigenvalue weighted by molar-refractivity contribution is -0.153. The molecule has 1 aliphatic rings. The highest BCUT2D eigenvalue weighted by molar-refractivity contribution is 6.08. The van der Waals surface area contributed by atoms with Crippen molar-refractivity contribution in [2.45, 2.75) is 45.1 Å². The zero-order valence-corrected chi connectivity index (χ0v) is 16.1. The van der Waals surface area contributed by atoms with E-state index >= 15 is 0 Å². The molecule has 0 spiro atoms. The third kappa shape index (κ3) is 3.61. The zero-order chi connectivity index (χ0) is 19.5. The summed E-state index contributed by atoms with van der Waals surface area (Å²) in [6.07, 6.45) is 5.84. The smallest absolute Gasteiger partial charge is 0.310 e. The van der Waals surface area contributed by atoms with Gasteiger partial charge in [0.25, 0.3) is 5.91 Å². The highest BCUT2D eigenvalue weighted by Crippen LogP contribution is 2.30. The van der Waals surface area contributed by atoms with Crippen LogP contribution in [0.4, 0.5) is 0 Å². The average Bonchev–Trinajstić information content (AvgIpc) is 3.15. The van der Waals surface area contributed by atoms with Crippen molar-refractivity contribution in [1.29, 1.82) is 0 Å². The molecule has 1 saturated heterocycles. The Morgan fingerprint density at radius 3 is 2.89 bits per heavy atom. The minimum absolute atomic E-state index is 0.0888. The summed E-state index contributed by atoms with van der Waals surface area (Å²) in [6, 6.07) is 12.2. The second kappa shape index (κ2) is 8.05. The maximum atomic E-state index is 12.5. The molecule has 4 rings (SSSR count). The van der Waals surface area contributed by atoms with Crippen LogP contribution in [-0.4, -0.2) is 36.0 Å². The van der Waals surface area contributed by atoms with E-state index in [1.165, 1.54) is 0 Å². The average molecular weight is 379 g/mol. The van der Waals surface area contributed by atoms with Crippen LogP contribution in [0.5, 0.6) is 0 Å². The second-order valence-corrected chi connectivity index (χ2v) is 7.40. The highest BCUT2D eigenvalue weighted by Gasteiger charge is 2.26. The van der Waals surface area contributed by atoms with Gasteiger partial charge >= 0.3 is 5.97 Å². The van der Waals surface area contributed by atoms with Gasteiger partial charge in [0.05, 0.1) is 12.7 Å². The third-order valence-corrected chi connectivity index (χ3v) is 5.65. The fraction of sp³-hybridized carbons (Fsp3) is 0.391. The van der Waals surface area contributed by atoms with Gasteiger partial charge in [0.1, 0.15) is 5.58 Å².